The van der Waals surface area contributed by atoms with Crippen molar-refractivity contribution in [2.24, 2.45) is 51.2 Å². The summed E-state index contributed by atoms with van der Waals surface area (Å²) in [5.41, 5.74) is -2.10. The van der Waals surface area contributed by atoms with Crippen molar-refractivity contribution in [1.29, 1.82) is 0 Å². The van der Waals surface area contributed by atoms with Gasteiger partial charge in [-0.3, -0.25) is 24.0 Å². The highest BCUT2D eigenvalue weighted by Gasteiger charge is 2.77. The summed E-state index contributed by atoms with van der Waals surface area (Å²) in [4.78, 5) is 82.8. The van der Waals surface area contributed by atoms with Gasteiger partial charge in [-0.15, -0.1) is 107 Å². The van der Waals surface area contributed by atoms with Crippen LogP contribution in [0.15, 0.2) is 52.6 Å². The van der Waals surface area contributed by atoms with E-state index in [9.17, 15) is 34.2 Å². The lowest BCUT2D eigenvalue weighted by molar-refractivity contribution is -0.335. The normalized spacial score (nSPS) is 36.6. The molecule has 6 aliphatic carbocycles. The van der Waals surface area contributed by atoms with Crippen LogP contribution in [-0.4, -0.2) is 119 Å². The third kappa shape index (κ3) is 17.3. The largest absolute Gasteiger partial charge is 0.458 e. The first-order chi connectivity index (χ1) is 44.4. The molecule has 540 valence electrons. The number of Topliss-reactive ketones (excluding diaryl/α,β-unsaturated/α-hetero) is 2. The van der Waals surface area contributed by atoms with E-state index < -0.39 is 163 Å². The Balaban J connectivity index is 0.000000253. The van der Waals surface area contributed by atoms with Crippen molar-refractivity contribution in [3.8, 4) is 0 Å². The summed E-state index contributed by atoms with van der Waals surface area (Å²) in [6, 6.07) is 8.64. The van der Waals surface area contributed by atoms with Gasteiger partial charge >= 0.3 is 23.9 Å². The Morgan fingerprint density at radius 1 is 0.552 bits per heavy atom. The summed E-state index contributed by atoms with van der Waals surface area (Å²) in [6.45, 7) is 18.2. The number of hydrogen-bond acceptors (Lipinski definition) is 16. The molecule has 2 saturated heterocycles. The van der Waals surface area contributed by atoms with E-state index in [1.165, 1.54) is 31.9 Å². The smallest absolute Gasteiger partial charge is 0.338 e. The molecule has 35 atom stereocenters. The van der Waals surface area contributed by atoms with Crippen molar-refractivity contribution in [1.82, 2.24) is 0 Å². The average molecular weight is 1810 g/mol. The van der Waals surface area contributed by atoms with Gasteiger partial charge in [0.1, 0.15) is 24.1 Å². The molecule has 4 bridgehead atoms. The van der Waals surface area contributed by atoms with Gasteiger partial charge in [0.25, 0.3) is 0 Å². The summed E-state index contributed by atoms with van der Waals surface area (Å²) in [5, 5.41) is 23.6. The number of aliphatic hydroxyl groups excluding tert-OH is 2. The molecule has 9 rings (SSSR count). The third-order valence-corrected chi connectivity index (χ3v) is 163. The monoisotopic (exact) mass is 1810 g/mol. The van der Waals surface area contributed by atoms with Crippen LogP contribution in [0.2, 0.25) is 0 Å². The maximum Gasteiger partial charge on any atom is 0.338 e. The number of ketones is 2. The molecule has 0 amide bonds. The minimum atomic E-state index is -1.70. The molecule has 2 aliphatic heterocycles. The number of benzene rings is 1. The Hall–Kier alpha value is 6.86. The van der Waals surface area contributed by atoms with E-state index >= 15 is 4.79 Å². The maximum atomic E-state index is 15.5. The first kappa shape index (κ1) is 88.4. The van der Waals surface area contributed by atoms with Crippen LogP contribution in [0.5, 0.6) is 0 Å². The second-order valence-corrected chi connectivity index (χ2v) is 125. The summed E-state index contributed by atoms with van der Waals surface area (Å²) in [6.07, 6.45) is -4.50. The number of aliphatic hydroxyl groups is 2. The minimum Gasteiger partial charge on any atom is -0.458 e. The molecule has 8 aliphatic rings. The number of allylic oxidation sites excluding steroid dienone is 1. The van der Waals surface area contributed by atoms with E-state index in [1.54, 1.807) is 37.3 Å². The van der Waals surface area contributed by atoms with Gasteiger partial charge < -0.3 is 47.7 Å². The van der Waals surface area contributed by atoms with E-state index in [0.717, 1.165) is 12.0 Å². The molecular weight excluding hydrogens is 1710 g/mol. The molecule has 2 N–H and O–H groups in total. The van der Waals surface area contributed by atoms with Crippen molar-refractivity contribution < 1.29 is 76.4 Å². The van der Waals surface area contributed by atoms with E-state index in [-0.39, 0.29) is 95.0 Å². The molecule has 6 fully saturated rings. The zero-order valence-electron chi connectivity index (χ0n) is 55.9. The zero-order valence-corrected chi connectivity index (χ0v) is 82.8. The minimum absolute atomic E-state index is 0.00529. The van der Waals surface area contributed by atoms with Crippen molar-refractivity contribution in [3.05, 3.63) is 58.2 Å². The lowest BCUT2D eigenvalue weighted by Gasteiger charge is -2.66. The number of carbonyl (C=O) groups excluding carboxylic acids is 6. The van der Waals surface area contributed by atoms with Gasteiger partial charge in [-0.2, -0.15) is 0 Å². The Labute approximate surface area is 614 Å². The molecule has 2 heterocycles. The van der Waals surface area contributed by atoms with Crippen LogP contribution in [0.1, 0.15) is 126 Å². The standard InChI is InChI=1S/C31H51O10P13.C23H47O6P13/c1-15-20(41-49(53(48)50(42)43)54(51(44)45)52(46)47)12-19-24(39-28(36)18-10-8-7-9-11-18)26-30(6,21(34)13-22-31(26,14-37-22)40-17(3)33)27(35)25(38-16(2)32)23(15)29(19,4)5;1-11-15-8-17(25)22(6)18(26)9-19-23(10-27-19,28-13(3)24)20(22)12(2)14(21(15,4)5)7-16(11)29-37(41(36)38(30)31)42(39(32)33)40(34)35/h7-11,19-22,24-26,34H,12-14,42-48H2,1-6H3;12,14,16,18-20,26H,7-10,30-36H2,1-6H3/t19?,20-,21-,22+,24+,25+,26-,30+,31-,49?,53?;12-,14?,16+,18+,19-,20+,22-,23+,37?,41?/m01/s1. The number of ether oxygens (including phenoxy) is 6. The second-order valence-electron chi connectivity index (χ2n) is 27.3. The average Bonchev–Trinajstić information content (AvgIpc) is 0.684. The maximum absolute atomic E-state index is 15.5. The van der Waals surface area contributed by atoms with Crippen LogP contribution in [0.25, 0.3) is 0 Å². The van der Waals surface area contributed by atoms with Gasteiger partial charge in [-0.25, -0.2) is 4.79 Å². The second kappa shape index (κ2) is 35.5. The highest BCUT2D eigenvalue weighted by molar-refractivity contribution is 9.20. The number of fused-ring (bicyclic) bond motifs is 10. The molecule has 96 heavy (non-hydrogen) atoms. The lowest BCUT2D eigenvalue weighted by Crippen LogP contribution is -2.79. The van der Waals surface area contributed by atoms with Gasteiger partial charge in [-0.1, -0.05) is 76.2 Å². The molecule has 0 radical (unpaired) electrons. The Morgan fingerprint density at radius 3 is 1.41 bits per heavy atom. The zero-order chi connectivity index (χ0) is 71.9. The van der Waals surface area contributed by atoms with Crippen LogP contribution in [-0.2, 0) is 61.4 Å². The predicted octanol–water partition coefficient (Wildman–Crippen LogP) is 20.8. The Bertz CT molecular complexity index is 3140. The van der Waals surface area contributed by atoms with E-state index in [1.807, 2.05) is 27.7 Å². The van der Waals surface area contributed by atoms with Crippen molar-refractivity contribution in [2.75, 3.05) is 13.2 Å². The molecule has 4 saturated carbocycles. The van der Waals surface area contributed by atoms with E-state index in [2.05, 4.69) is 153 Å². The summed E-state index contributed by atoms with van der Waals surface area (Å²) >= 11 is 0. The molecule has 0 spiro atoms. The number of carbonyl (C=O) groups is 6. The first-order valence-electron chi connectivity index (χ1n) is 30.7. The van der Waals surface area contributed by atoms with E-state index in [0.29, 0.717) is 24.0 Å². The van der Waals surface area contributed by atoms with Crippen LogP contribution >= 0.6 is 210 Å². The van der Waals surface area contributed by atoms with Crippen LogP contribution in [0.3, 0.4) is 0 Å². The van der Waals surface area contributed by atoms with Gasteiger partial charge in [0.15, 0.2) is 23.1 Å². The first-order valence-corrected chi connectivity index (χ1v) is 76.4. The molecule has 20 unspecified atom stereocenters. The summed E-state index contributed by atoms with van der Waals surface area (Å²) in [7, 11) is 41.1. The quantitative estimate of drug-likeness (QED) is 0.0570. The highest BCUT2D eigenvalue weighted by Crippen LogP contribution is 3.19. The summed E-state index contributed by atoms with van der Waals surface area (Å²) in [5.74, 6) is -4.50. The topological polar surface area (TPSA) is 217 Å². The van der Waals surface area contributed by atoms with Gasteiger partial charge in [0, 0.05) is 79.8 Å². The number of esters is 4. The molecule has 16 nitrogen and oxygen atoms in total. The molecule has 42 heteroatoms. The van der Waals surface area contributed by atoms with Crippen molar-refractivity contribution in [3.63, 3.8) is 0 Å². The van der Waals surface area contributed by atoms with E-state index in [4.69, 9.17) is 37.5 Å². The van der Waals surface area contributed by atoms with Gasteiger partial charge in [-0.05, 0) is 134 Å². The number of rotatable bonds is 19. The molecule has 0 aromatic heterocycles. The third-order valence-electron chi connectivity index (χ3n) is 21.3. The number of hydrogen-bond donors (Lipinski definition) is 2. The van der Waals surface area contributed by atoms with Crippen LogP contribution in [0, 0.1) is 51.2 Å². The van der Waals surface area contributed by atoms with Gasteiger partial charge in [0.2, 0.25) is 0 Å². The predicted molar refractivity (Wildman–Crippen MR) is 466 cm³/mol. The van der Waals surface area contributed by atoms with Crippen molar-refractivity contribution in [2.45, 2.75) is 175 Å². The molecular formula is C54H98O16P26. The Morgan fingerprint density at radius 2 is 0.990 bits per heavy atom. The molecule has 1 aromatic rings. The lowest BCUT2D eigenvalue weighted by atomic mass is 9.44. The Kier molecular flexibility index (Phi) is 32.7. The fourth-order valence-electron chi connectivity index (χ4n) is 16.9. The fraction of sp³-hybridized carbons (Fsp3) is 0.704. The molecule has 1 aromatic carbocycles. The van der Waals surface area contributed by atoms with Gasteiger partial charge in [0.05, 0.1) is 75.0 Å². The highest BCUT2D eigenvalue weighted by atomic mass is 33.2. The summed E-state index contributed by atoms with van der Waals surface area (Å²) < 4.78 is 52.0. The van der Waals surface area contributed by atoms with Crippen molar-refractivity contribution >= 4 is 245 Å². The van der Waals surface area contributed by atoms with Crippen LogP contribution < -0.4 is 0 Å². The SMILES string of the molecule is CC(=O)O[C@@]12CO[C@@H]1C[C@H](O)[C@@]1(C)C(=O)CC3=C(C)[C@@H](OP(P(P)P(P)P)P(P(P)P)P(P)P)CC([C@@H](C)[C@H]21)C3(C)C.CC(=O)O[C@H]1C(=O)[C@@]2(C)[C@H]([C@H](OC(=O)c3ccccc3)C3C[C@H](OP(P(P)P(P)P)P(P(P)P)P(P)P)C(C)=C1C3(C)C)[C@]1(OC(C)=O)CO[C@@H]1C[C@@H]2O. The van der Waals surface area contributed by atoms with Crippen LogP contribution in [0.4, 0.5) is 0 Å². The fourth-order valence-corrected chi connectivity index (χ4v) is 209.